The molecule has 2 aliphatic heterocycles. The van der Waals surface area contributed by atoms with Gasteiger partial charge < -0.3 is 15.1 Å². The van der Waals surface area contributed by atoms with Gasteiger partial charge >= 0.3 is 0 Å². The highest BCUT2D eigenvalue weighted by atomic mass is 35.5. The second-order valence-electron chi connectivity index (χ2n) is 16.4. The number of aliphatic imine (C=N–C) groups is 2. The Morgan fingerprint density at radius 3 is 2.39 bits per heavy atom. The SMILES string of the molecule is C=CCCC(C(=C)C)N1Cc2cc(C3CCN(CCCNC4CCCCC4)CC3)c(F)cc2C1=C.C=N/C=C(Cl)\C(=N/CN(C)C)c1cn[nH]c1CC1CC1.CC.CC. The van der Waals surface area contributed by atoms with Crippen molar-refractivity contribution in [2.45, 2.75) is 143 Å². The molecule has 0 amide bonds. The van der Waals surface area contributed by atoms with Crippen molar-refractivity contribution >= 4 is 29.7 Å². The zero-order valence-corrected chi connectivity index (χ0v) is 38.7. The second-order valence-corrected chi connectivity index (χ2v) is 16.8. The summed E-state index contributed by atoms with van der Waals surface area (Å²) in [4.78, 5) is 15.2. The smallest absolute Gasteiger partial charge is 0.127 e. The summed E-state index contributed by atoms with van der Waals surface area (Å²) >= 11 is 6.28. The van der Waals surface area contributed by atoms with Gasteiger partial charge in [0, 0.05) is 41.3 Å². The fourth-order valence-corrected chi connectivity index (χ4v) is 8.57. The van der Waals surface area contributed by atoms with E-state index in [-0.39, 0.29) is 11.9 Å². The van der Waals surface area contributed by atoms with Gasteiger partial charge in [0.25, 0.3) is 0 Å². The third kappa shape index (κ3) is 15.6. The van der Waals surface area contributed by atoms with Crippen LogP contribution in [-0.2, 0) is 13.0 Å². The van der Waals surface area contributed by atoms with Crippen LogP contribution in [0.4, 0.5) is 4.39 Å². The summed E-state index contributed by atoms with van der Waals surface area (Å²) in [6.07, 6.45) is 20.9. The Hall–Kier alpha value is -3.37. The van der Waals surface area contributed by atoms with Crippen LogP contribution in [0.1, 0.15) is 146 Å². The lowest BCUT2D eigenvalue weighted by atomic mass is 9.87. The standard InChI is InChI=1S/C31H46FN3.C14H20ClN5.2C2H6/c1-5-6-13-31(23(2)3)35-22-26-20-29(30(32)21-28(26)24(35)4)25-14-18-34(19-15-25)17-10-16-33-27-11-8-7-9-12-27;1-16-8-12(15)14(17-9-20(2)3)11-7-18-19-13(11)6-10-4-5-10;2*1-2/h5,20-21,25,27,31,33H,1-2,4,6-19,22H2,3H3;7-8,10H,1,4-6,9H2,2-3H3,(H,18,19);2*1-2H3/b;12-8+,17-14-;;. The number of halogens is 2. The molecule has 1 saturated heterocycles. The zero-order valence-electron chi connectivity index (χ0n) is 37.9. The highest BCUT2D eigenvalue weighted by Crippen LogP contribution is 2.40. The van der Waals surface area contributed by atoms with Crippen LogP contribution < -0.4 is 5.32 Å². The number of likely N-dealkylation sites (tertiary alicyclic amines) is 1. The molecule has 10 heteroatoms. The Kier molecular flexibility index (Phi) is 22.7. The average molecular weight is 834 g/mol. The Bertz CT molecular complexity index is 1660. The van der Waals surface area contributed by atoms with Crippen LogP contribution in [0.3, 0.4) is 0 Å². The largest absolute Gasteiger partial charge is 0.360 e. The monoisotopic (exact) mass is 833 g/mol. The van der Waals surface area contributed by atoms with Gasteiger partial charge in [-0.2, -0.15) is 5.10 Å². The van der Waals surface area contributed by atoms with E-state index in [9.17, 15) is 0 Å². The molecule has 2 aromatic rings. The van der Waals surface area contributed by atoms with E-state index in [4.69, 9.17) is 11.6 Å². The lowest BCUT2D eigenvalue weighted by Crippen LogP contribution is -2.37. The Morgan fingerprint density at radius 2 is 1.78 bits per heavy atom. The molecule has 2 saturated carbocycles. The first kappa shape index (κ1) is 50.0. The number of H-pyrrole nitrogens is 1. The molecule has 3 fully saturated rings. The molecular weight excluding hydrogens is 755 g/mol. The van der Waals surface area contributed by atoms with E-state index < -0.39 is 0 Å². The lowest BCUT2D eigenvalue weighted by molar-refractivity contribution is 0.206. The maximum absolute atomic E-state index is 15.3. The number of benzene rings is 1. The van der Waals surface area contributed by atoms with E-state index in [0.717, 1.165) is 116 Å². The molecule has 0 bridgehead atoms. The molecule has 2 N–H and O–H groups in total. The van der Waals surface area contributed by atoms with Crippen molar-refractivity contribution < 1.29 is 4.39 Å². The predicted molar refractivity (Wildman–Crippen MR) is 253 cm³/mol. The first-order valence-electron chi connectivity index (χ1n) is 22.6. The van der Waals surface area contributed by atoms with Crippen molar-refractivity contribution in [1.82, 2.24) is 30.2 Å². The molecule has 1 unspecified atom stereocenters. The fourth-order valence-electron chi connectivity index (χ4n) is 8.33. The highest BCUT2D eigenvalue weighted by molar-refractivity contribution is 6.46. The van der Waals surface area contributed by atoms with Crippen molar-refractivity contribution in [2.75, 3.05) is 46.9 Å². The third-order valence-electron chi connectivity index (χ3n) is 11.6. The van der Waals surface area contributed by atoms with Crippen molar-refractivity contribution in [3.05, 3.63) is 94.7 Å². The summed E-state index contributed by atoms with van der Waals surface area (Å²) in [6, 6.07) is 4.86. The van der Waals surface area contributed by atoms with Crippen molar-refractivity contribution in [1.29, 1.82) is 0 Å². The van der Waals surface area contributed by atoms with E-state index in [0.29, 0.717) is 17.6 Å². The number of allylic oxidation sites excluding steroid dienone is 2. The summed E-state index contributed by atoms with van der Waals surface area (Å²) in [6.45, 7) is 31.7. The molecule has 6 rings (SSSR count). The molecule has 1 atom stereocenters. The van der Waals surface area contributed by atoms with Gasteiger partial charge in [-0.15, -0.1) is 6.58 Å². The minimum absolute atomic E-state index is 0.0557. The summed E-state index contributed by atoms with van der Waals surface area (Å²) in [5, 5.41) is 11.5. The van der Waals surface area contributed by atoms with Crippen molar-refractivity contribution in [3.8, 4) is 0 Å². The summed E-state index contributed by atoms with van der Waals surface area (Å²) in [7, 11) is 3.93. The Labute approximate surface area is 363 Å². The van der Waals surface area contributed by atoms with Crippen LogP contribution in [0.25, 0.3) is 5.70 Å². The Morgan fingerprint density at radius 1 is 1.08 bits per heavy atom. The highest BCUT2D eigenvalue weighted by Gasteiger charge is 2.32. The van der Waals surface area contributed by atoms with Crippen molar-refractivity contribution in [3.63, 3.8) is 0 Å². The van der Waals surface area contributed by atoms with E-state index in [1.165, 1.54) is 63.1 Å². The molecule has 3 heterocycles. The van der Waals surface area contributed by atoms with Crippen LogP contribution in [0.15, 0.2) is 70.9 Å². The van der Waals surface area contributed by atoms with Gasteiger partial charge in [-0.1, -0.05) is 89.4 Å². The molecule has 328 valence electrons. The van der Waals surface area contributed by atoms with Gasteiger partial charge in [0.2, 0.25) is 0 Å². The fraction of sp³-hybridized carbons (Fsp3) is 0.612. The predicted octanol–water partition coefficient (Wildman–Crippen LogP) is 11.5. The number of rotatable bonds is 18. The van der Waals surface area contributed by atoms with E-state index >= 15 is 4.39 Å². The molecule has 1 aromatic heterocycles. The van der Waals surface area contributed by atoms with E-state index in [2.05, 4.69) is 74.7 Å². The number of hydrogen-bond donors (Lipinski definition) is 2. The van der Waals surface area contributed by atoms with Crippen molar-refractivity contribution in [2.24, 2.45) is 15.9 Å². The number of aromatic amines is 1. The summed E-state index contributed by atoms with van der Waals surface area (Å²) < 4.78 is 15.3. The summed E-state index contributed by atoms with van der Waals surface area (Å²) in [5.74, 6) is 1.03. The van der Waals surface area contributed by atoms with Crippen LogP contribution >= 0.6 is 11.6 Å². The number of aromatic nitrogens is 2. The maximum Gasteiger partial charge on any atom is 0.127 e. The van der Waals surface area contributed by atoms with Crippen LogP contribution in [0.2, 0.25) is 0 Å². The molecule has 4 aliphatic rings. The van der Waals surface area contributed by atoms with Gasteiger partial charge in [-0.05, 0) is 147 Å². The van der Waals surface area contributed by atoms with Crippen LogP contribution in [-0.4, -0.2) is 96.4 Å². The molecule has 2 aliphatic carbocycles. The normalized spacial score (nSPS) is 18.2. The first-order valence-corrected chi connectivity index (χ1v) is 23.0. The number of hydrogen-bond acceptors (Lipinski definition) is 7. The van der Waals surface area contributed by atoms with Gasteiger partial charge in [-0.3, -0.25) is 20.0 Å². The average Bonchev–Trinajstić information content (AvgIpc) is 3.87. The minimum atomic E-state index is -0.0557. The van der Waals surface area contributed by atoms with Gasteiger partial charge in [0.05, 0.1) is 29.7 Å². The van der Waals surface area contributed by atoms with Crippen LogP contribution in [0, 0.1) is 11.7 Å². The third-order valence-corrected chi connectivity index (χ3v) is 11.9. The molecule has 0 spiro atoms. The minimum Gasteiger partial charge on any atom is -0.360 e. The van der Waals surface area contributed by atoms with Gasteiger partial charge in [-0.25, -0.2) is 4.39 Å². The molecule has 8 nitrogen and oxygen atoms in total. The zero-order chi connectivity index (χ0) is 43.3. The Balaban J connectivity index is 0.000000329. The first-order chi connectivity index (χ1) is 28.6. The number of nitrogens with one attached hydrogen (secondary N) is 2. The second kappa shape index (κ2) is 26.8. The number of piperidine rings is 1. The lowest BCUT2D eigenvalue weighted by Gasteiger charge is -2.32. The maximum atomic E-state index is 15.3. The molecule has 59 heavy (non-hydrogen) atoms. The molecule has 0 radical (unpaired) electrons. The topological polar surface area (TPSA) is 75.2 Å². The van der Waals surface area contributed by atoms with Gasteiger partial charge in [0.15, 0.2) is 0 Å². The quantitative estimate of drug-likeness (QED) is 0.0889. The summed E-state index contributed by atoms with van der Waals surface area (Å²) in [5.41, 5.74) is 7.94. The van der Waals surface area contributed by atoms with Gasteiger partial charge in [0.1, 0.15) is 5.82 Å². The number of fused-ring (bicyclic) bond motifs is 1. The van der Waals surface area contributed by atoms with E-state index in [1.54, 1.807) is 12.3 Å². The van der Waals surface area contributed by atoms with E-state index in [1.807, 2.05) is 52.8 Å². The molecular formula is C49H78ClFN8. The number of nitrogens with zero attached hydrogens (tertiary/aromatic N) is 6. The van der Waals surface area contributed by atoms with Crippen LogP contribution in [0.5, 0.6) is 0 Å². The molecule has 1 aromatic carbocycles.